The van der Waals surface area contributed by atoms with Gasteiger partial charge in [-0.25, -0.2) is 0 Å². The molecule has 0 aromatic heterocycles. The van der Waals surface area contributed by atoms with E-state index in [-0.39, 0.29) is 12.5 Å². The Labute approximate surface area is 130 Å². The Morgan fingerprint density at radius 1 is 1.00 bits per heavy atom. The Morgan fingerprint density at radius 2 is 1.73 bits per heavy atom. The molecule has 0 bridgehead atoms. The molecule has 1 amide bonds. The number of aliphatic hydroxyl groups is 1. The zero-order chi connectivity index (χ0) is 15.6. The summed E-state index contributed by atoms with van der Waals surface area (Å²) in [6.07, 6.45) is 0.951. The van der Waals surface area contributed by atoms with Crippen LogP contribution in [0.15, 0.2) is 54.6 Å². The monoisotopic (exact) mass is 299 g/mol. The molecule has 0 saturated heterocycles. The van der Waals surface area contributed by atoms with E-state index in [0.717, 1.165) is 16.8 Å². The van der Waals surface area contributed by atoms with Gasteiger partial charge in [0.1, 0.15) is 0 Å². The number of aliphatic hydroxyl groups excluding tert-OH is 1. The highest BCUT2D eigenvalue weighted by molar-refractivity contribution is 5.90. The van der Waals surface area contributed by atoms with Gasteiger partial charge >= 0.3 is 0 Å². The third kappa shape index (κ3) is 5.68. The van der Waals surface area contributed by atoms with Crippen LogP contribution in [0.5, 0.6) is 0 Å². The van der Waals surface area contributed by atoms with Gasteiger partial charge in [0, 0.05) is 12.3 Å². The minimum atomic E-state index is -0.0667. The average molecular weight is 299 g/mol. The number of benzene rings is 2. The molecule has 2 aromatic carbocycles. The molecule has 0 aliphatic rings. The van der Waals surface area contributed by atoms with Crippen molar-refractivity contribution in [2.75, 3.05) is 18.5 Å². The molecule has 0 saturated carbocycles. The first-order valence-corrected chi connectivity index (χ1v) is 7.39. The Hall–Kier alpha value is -2.17. The number of rotatable bonds is 8. The van der Waals surface area contributed by atoms with Crippen molar-refractivity contribution >= 4 is 11.6 Å². The molecule has 2 aromatic rings. The second kappa shape index (κ2) is 8.97. The number of hydrogen-bond donors (Lipinski definition) is 2. The van der Waals surface area contributed by atoms with E-state index in [0.29, 0.717) is 26.1 Å². The molecular weight excluding hydrogens is 278 g/mol. The van der Waals surface area contributed by atoms with Crippen LogP contribution in [0.1, 0.15) is 17.5 Å². The predicted molar refractivity (Wildman–Crippen MR) is 86.6 cm³/mol. The average Bonchev–Trinajstić information content (AvgIpc) is 2.55. The molecular formula is C18H21NO3. The summed E-state index contributed by atoms with van der Waals surface area (Å²) in [6.45, 7) is 1.04. The molecule has 0 aliphatic carbocycles. The third-order valence-electron chi connectivity index (χ3n) is 3.22. The summed E-state index contributed by atoms with van der Waals surface area (Å²) in [5, 5.41) is 11.7. The Balaban J connectivity index is 1.67. The molecule has 0 heterocycles. The zero-order valence-electron chi connectivity index (χ0n) is 12.5. The van der Waals surface area contributed by atoms with Gasteiger partial charge in [-0.1, -0.05) is 42.5 Å². The second-order valence-electron chi connectivity index (χ2n) is 5.01. The molecule has 0 fully saturated rings. The van der Waals surface area contributed by atoms with Gasteiger partial charge in [0.2, 0.25) is 5.91 Å². The molecule has 0 radical (unpaired) electrons. The van der Waals surface area contributed by atoms with Crippen LogP contribution in [-0.4, -0.2) is 24.2 Å². The Bertz CT molecular complexity index is 567. The second-order valence-corrected chi connectivity index (χ2v) is 5.01. The quantitative estimate of drug-likeness (QED) is 0.737. The van der Waals surface area contributed by atoms with E-state index in [1.807, 2.05) is 54.6 Å². The van der Waals surface area contributed by atoms with Crippen LogP contribution in [0.25, 0.3) is 0 Å². The van der Waals surface area contributed by atoms with Crippen LogP contribution in [0, 0.1) is 0 Å². The van der Waals surface area contributed by atoms with Gasteiger partial charge in [0.25, 0.3) is 0 Å². The van der Waals surface area contributed by atoms with Crippen LogP contribution in [0.3, 0.4) is 0 Å². The number of anilines is 1. The molecule has 22 heavy (non-hydrogen) atoms. The molecule has 2 rings (SSSR count). The maximum absolute atomic E-state index is 11.8. The van der Waals surface area contributed by atoms with Crippen LogP contribution < -0.4 is 5.32 Å². The van der Waals surface area contributed by atoms with Gasteiger partial charge in [-0.3, -0.25) is 4.79 Å². The molecule has 0 atom stereocenters. The van der Waals surface area contributed by atoms with Gasteiger partial charge in [-0.05, 0) is 29.7 Å². The van der Waals surface area contributed by atoms with Gasteiger partial charge in [0.15, 0.2) is 0 Å². The summed E-state index contributed by atoms with van der Waals surface area (Å²) in [5.74, 6) is -0.0667. The smallest absolute Gasteiger partial charge is 0.226 e. The van der Waals surface area contributed by atoms with E-state index >= 15 is 0 Å². The van der Waals surface area contributed by atoms with E-state index in [1.165, 1.54) is 0 Å². The fraction of sp³-hybridized carbons (Fsp3) is 0.278. The van der Waals surface area contributed by atoms with E-state index < -0.39 is 0 Å². The van der Waals surface area contributed by atoms with E-state index in [2.05, 4.69) is 5.32 Å². The lowest BCUT2D eigenvalue weighted by Gasteiger charge is -2.07. The molecule has 0 aliphatic heterocycles. The summed E-state index contributed by atoms with van der Waals surface area (Å²) in [4.78, 5) is 11.8. The SMILES string of the molecule is O=C(CCOCc1ccccc1)Nc1ccc(CCO)cc1. The van der Waals surface area contributed by atoms with Crippen molar-refractivity contribution in [3.05, 3.63) is 65.7 Å². The number of ether oxygens (including phenoxy) is 1. The molecule has 4 heteroatoms. The van der Waals surface area contributed by atoms with E-state index in [4.69, 9.17) is 9.84 Å². The standard InChI is InChI=1S/C18H21NO3/c20-12-10-15-6-8-17(9-7-15)19-18(21)11-13-22-14-16-4-2-1-3-5-16/h1-9,20H,10-14H2,(H,19,21). The predicted octanol–water partition coefficient (Wildman–Crippen LogP) is 2.77. The number of carbonyl (C=O) groups is 1. The maximum Gasteiger partial charge on any atom is 0.226 e. The van der Waals surface area contributed by atoms with Crippen molar-refractivity contribution < 1.29 is 14.6 Å². The molecule has 4 nitrogen and oxygen atoms in total. The van der Waals surface area contributed by atoms with E-state index in [1.54, 1.807) is 0 Å². The summed E-state index contributed by atoms with van der Waals surface area (Å²) < 4.78 is 5.49. The molecule has 2 N–H and O–H groups in total. The van der Waals surface area contributed by atoms with Gasteiger partial charge in [0.05, 0.1) is 19.6 Å². The van der Waals surface area contributed by atoms with Crippen LogP contribution in [0.2, 0.25) is 0 Å². The normalized spacial score (nSPS) is 10.4. The van der Waals surface area contributed by atoms with Crippen molar-refractivity contribution in [2.45, 2.75) is 19.4 Å². The zero-order valence-corrected chi connectivity index (χ0v) is 12.5. The first-order valence-electron chi connectivity index (χ1n) is 7.39. The minimum Gasteiger partial charge on any atom is -0.396 e. The van der Waals surface area contributed by atoms with Gasteiger partial charge in [-0.2, -0.15) is 0 Å². The Morgan fingerprint density at radius 3 is 2.41 bits per heavy atom. The highest BCUT2D eigenvalue weighted by atomic mass is 16.5. The lowest BCUT2D eigenvalue weighted by molar-refractivity contribution is -0.117. The van der Waals surface area contributed by atoms with Crippen molar-refractivity contribution in [2.24, 2.45) is 0 Å². The van der Waals surface area contributed by atoms with Crippen LogP contribution >= 0.6 is 0 Å². The highest BCUT2D eigenvalue weighted by Gasteiger charge is 2.03. The summed E-state index contributed by atoms with van der Waals surface area (Å²) >= 11 is 0. The largest absolute Gasteiger partial charge is 0.396 e. The van der Waals surface area contributed by atoms with Crippen molar-refractivity contribution in [1.82, 2.24) is 0 Å². The lowest BCUT2D eigenvalue weighted by atomic mass is 10.1. The highest BCUT2D eigenvalue weighted by Crippen LogP contribution is 2.10. The molecule has 116 valence electrons. The van der Waals surface area contributed by atoms with Crippen LogP contribution in [0.4, 0.5) is 5.69 Å². The topological polar surface area (TPSA) is 58.6 Å². The number of carbonyl (C=O) groups excluding carboxylic acids is 1. The van der Waals surface area contributed by atoms with Crippen molar-refractivity contribution in [1.29, 1.82) is 0 Å². The summed E-state index contributed by atoms with van der Waals surface area (Å²) in [5.41, 5.74) is 2.91. The Kier molecular flexibility index (Phi) is 6.61. The van der Waals surface area contributed by atoms with Crippen molar-refractivity contribution in [3.8, 4) is 0 Å². The molecule has 0 unspecified atom stereocenters. The summed E-state index contributed by atoms with van der Waals surface area (Å²) in [7, 11) is 0. The number of hydrogen-bond acceptors (Lipinski definition) is 3. The number of amides is 1. The summed E-state index contributed by atoms with van der Waals surface area (Å²) in [6, 6.07) is 17.4. The molecule has 0 spiro atoms. The fourth-order valence-electron chi connectivity index (χ4n) is 2.04. The first kappa shape index (κ1) is 16.2. The fourth-order valence-corrected chi connectivity index (χ4v) is 2.04. The number of nitrogens with one attached hydrogen (secondary N) is 1. The third-order valence-corrected chi connectivity index (χ3v) is 3.22. The van der Waals surface area contributed by atoms with Crippen LogP contribution in [-0.2, 0) is 22.6 Å². The van der Waals surface area contributed by atoms with Gasteiger partial charge in [-0.15, -0.1) is 0 Å². The first-order chi connectivity index (χ1) is 10.8. The minimum absolute atomic E-state index is 0.0667. The maximum atomic E-state index is 11.8. The van der Waals surface area contributed by atoms with E-state index in [9.17, 15) is 4.79 Å². The van der Waals surface area contributed by atoms with Crippen molar-refractivity contribution in [3.63, 3.8) is 0 Å². The van der Waals surface area contributed by atoms with Gasteiger partial charge < -0.3 is 15.2 Å². The lowest BCUT2D eigenvalue weighted by Crippen LogP contribution is -2.14.